The summed E-state index contributed by atoms with van der Waals surface area (Å²) < 4.78 is 23.4. The maximum absolute atomic E-state index is 10.5. The second-order valence-corrected chi connectivity index (χ2v) is 6.84. The Hall–Kier alpha value is -2.20. The van der Waals surface area contributed by atoms with Gasteiger partial charge in [-0.2, -0.15) is 0 Å². The molecule has 0 radical (unpaired) electrons. The van der Waals surface area contributed by atoms with Crippen LogP contribution in [-0.2, 0) is 18.9 Å². The van der Waals surface area contributed by atoms with Crippen LogP contribution in [0.5, 0.6) is 11.5 Å². The van der Waals surface area contributed by atoms with E-state index in [0.29, 0.717) is 11.1 Å². The Kier molecular flexibility index (Phi) is 5.49. The molecule has 2 fully saturated rings. The Morgan fingerprint density at radius 2 is 0.964 bits per heavy atom. The molecule has 8 nitrogen and oxygen atoms in total. The van der Waals surface area contributed by atoms with Crippen LogP contribution < -0.4 is 0 Å². The Bertz CT molecular complexity index is 710. The number of rotatable bonds is 2. The molecule has 0 aliphatic carbocycles. The molecule has 2 aliphatic rings. The number of ether oxygens (including phenoxy) is 4. The van der Waals surface area contributed by atoms with Crippen molar-refractivity contribution in [2.75, 3.05) is 13.2 Å². The highest BCUT2D eigenvalue weighted by molar-refractivity contribution is 5.27. The third-order valence-corrected chi connectivity index (χ3v) is 4.86. The summed E-state index contributed by atoms with van der Waals surface area (Å²) in [4.78, 5) is 0. The van der Waals surface area contributed by atoms with Crippen LogP contribution in [0.3, 0.4) is 0 Å². The average Bonchev–Trinajstić information content (AvgIpc) is 2.70. The number of aromatic hydroxyl groups is 2. The van der Waals surface area contributed by atoms with Crippen LogP contribution in [0.1, 0.15) is 23.7 Å². The zero-order valence-corrected chi connectivity index (χ0v) is 14.9. The number of aliphatic hydroxyl groups excluding tert-OH is 2. The molecule has 150 valence electrons. The number of hydrogen-bond donors (Lipinski definition) is 4. The minimum Gasteiger partial charge on any atom is -0.508 e. The number of fused-ring (bicyclic) bond motifs is 3. The van der Waals surface area contributed by atoms with Crippen molar-refractivity contribution in [1.82, 2.24) is 0 Å². The summed E-state index contributed by atoms with van der Waals surface area (Å²) in [5.41, 5.74) is 1.31. The zero-order valence-electron chi connectivity index (χ0n) is 14.9. The van der Waals surface area contributed by atoms with E-state index in [9.17, 15) is 20.4 Å². The second-order valence-electron chi connectivity index (χ2n) is 6.84. The molecular formula is C20H22O8. The van der Waals surface area contributed by atoms with Gasteiger partial charge in [0, 0.05) is 11.1 Å². The van der Waals surface area contributed by atoms with E-state index < -0.39 is 37.0 Å². The van der Waals surface area contributed by atoms with Gasteiger partial charge in [-0.3, -0.25) is 0 Å². The number of phenols is 2. The first-order valence-corrected chi connectivity index (χ1v) is 8.99. The maximum Gasteiger partial charge on any atom is 0.184 e. The van der Waals surface area contributed by atoms with E-state index in [1.165, 1.54) is 24.3 Å². The fraction of sp³-hybridized carbons (Fsp3) is 0.400. The third-order valence-electron chi connectivity index (χ3n) is 4.86. The number of benzene rings is 2. The summed E-state index contributed by atoms with van der Waals surface area (Å²) in [5, 5.41) is 40.0. The minimum absolute atomic E-state index is 0.0472. The maximum atomic E-state index is 10.5. The lowest BCUT2D eigenvalue weighted by Crippen LogP contribution is -2.54. The van der Waals surface area contributed by atoms with Crippen LogP contribution in [0.25, 0.3) is 0 Å². The van der Waals surface area contributed by atoms with Gasteiger partial charge in [0.25, 0.3) is 0 Å². The fourth-order valence-electron chi connectivity index (χ4n) is 3.25. The van der Waals surface area contributed by atoms with Gasteiger partial charge < -0.3 is 39.4 Å². The molecule has 8 heteroatoms. The van der Waals surface area contributed by atoms with Crippen LogP contribution in [0.4, 0.5) is 0 Å². The molecule has 0 saturated carbocycles. The first-order chi connectivity index (χ1) is 13.5. The number of aliphatic hydroxyl groups is 2. The monoisotopic (exact) mass is 390 g/mol. The Morgan fingerprint density at radius 1 is 0.607 bits per heavy atom. The van der Waals surface area contributed by atoms with Crippen molar-refractivity contribution in [3.05, 3.63) is 59.7 Å². The SMILES string of the molecule is Oc1ccc(C2OC[C@H]3OC(c4ccc(O)cc4)OC[C@H](O2)[C@H](O)[C@H]3O)cc1. The molecule has 2 bridgehead atoms. The molecule has 4 rings (SSSR count). The van der Waals surface area contributed by atoms with E-state index in [1.807, 2.05) is 0 Å². The van der Waals surface area contributed by atoms with Gasteiger partial charge in [-0.1, -0.05) is 24.3 Å². The molecule has 4 N–H and O–H groups in total. The molecule has 0 spiro atoms. The average molecular weight is 390 g/mol. The molecule has 2 aromatic carbocycles. The Morgan fingerprint density at radius 3 is 1.32 bits per heavy atom. The van der Waals surface area contributed by atoms with Crippen molar-refractivity contribution >= 4 is 0 Å². The highest BCUT2D eigenvalue weighted by atomic mass is 16.7. The van der Waals surface area contributed by atoms with Gasteiger partial charge in [-0.25, -0.2) is 0 Å². The van der Waals surface area contributed by atoms with E-state index >= 15 is 0 Å². The van der Waals surface area contributed by atoms with Crippen LogP contribution in [-0.4, -0.2) is 58.1 Å². The highest BCUT2D eigenvalue weighted by Crippen LogP contribution is 2.33. The van der Waals surface area contributed by atoms with Crippen molar-refractivity contribution in [2.45, 2.75) is 37.0 Å². The number of phenolic OH excluding ortho intramolecular Hbond substituents is 2. The van der Waals surface area contributed by atoms with Gasteiger partial charge in [0.15, 0.2) is 12.6 Å². The van der Waals surface area contributed by atoms with Crippen LogP contribution in [0.15, 0.2) is 48.5 Å². The molecule has 28 heavy (non-hydrogen) atoms. The lowest BCUT2D eigenvalue weighted by atomic mass is 10.0. The zero-order chi connectivity index (χ0) is 19.7. The van der Waals surface area contributed by atoms with Crippen molar-refractivity contribution in [3.8, 4) is 11.5 Å². The largest absolute Gasteiger partial charge is 0.508 e. The molecule has 2 saturated heterocycles. The summed E-state index contributed by atoms with van der Waals surface area (Å²) in [7, 11) is 0. The molecular weight excluding hydrogens is 368 g/mol. The van der Waals surface area contributed by atoms with Gasteiger partial charge in [-0.05, 0) is 24.3 Å². The molecule has 2 aliphatic heterocycles. The lowest BCUT2D eigenvalue weighted by molar-refractivity contribution is -0.317. The van der Waals surface area contributed by atoms with Crippen molar-refractivity contribution in [2.24, 2.45) is 0 Å². The highest BCUT2D eigenvalue weighted by Gasteiger charge is 2.42. The predicted molar refractivity (Wildman–Crippen MR) is 95.4 cm³/mol. The summed E-state index contributed by atoms with van der Waals surface area (Å²) in [6, 6.07) is 12.7. The molecule has 2 unspecified atom stereocenters. The molecule has 6 atom stereocenters. The van der Waals surface area contributed by atoms with E-state index in [0.717, 1.165) is 0 Å². The van der Waals surface area contributed by atoms with E-state index in [2.05, 4.69) is 0 Å². The van der Waals surface area contributed by atoms with E-state index in [4.69, 9.17) is 18.9 Å². The summed E-state index contributed by atoms with van der Waals surface area (Å²) in [5.74, 6) is 0.230. The third kappa shape index (κ3) is 3.97. The van der Waals surface area contributed by atoms with Gasteiger partial charge in [-0.15, -0.1) is 0 Å². The van der Waals surface area contributed by atoms with Gasteiger partial charge in [0.05, 0.1) is 13.2 Å². The molecule has 2 aromatic rings. The quantitative estimate of drug-likeness (QED) is 0.607. The summed E-state index contributed by atoms with van der Waals surface area (Å²) in [6.07, 6.45) is -5.80. The Balaban J connectivity index is 1.57. The summed E-state index contributed by atoms with van der Waals surface area (Å²) in [6.45, 7) is -0.0944. The van der Waals surface area contributed by atoms with Crippen LogP contribution in [0.2, 0.25) is 0 Å². The Labute approximate surface area is 161 Å². The smallest absolute Gasteiger partial charge is 0.184 e. The molecule has 0 amide bonds. The minimum atomic E-state index is -1.23. The standard InChI is InChI=1S/C20H22O8/c21-13-5-1-11(2-6-13)19-25-9-16-18(24)17(23)15(27-19)10-26-20(28-16)12-3-7-14(22)8-4-12/h1-8,15-24H,9-10H2/t15-,16+,17-,18-,19?,20?/m0/s1. The van der Waals surface area contributed by atoms with E-state index in [-0.39, 0.29) is 24.7 Å². The van der Waals surface area contributed by atoms with E-state index in [1.54, 1.807) is 24.3 Å². The summed E-state index contributed by atoms with van der Waals surface area (Å²) >= 11 is 0. The van der Waals surface area contributed by atoms with Gasteiger partial charge in [0.2, 0.25) is 0 Å². The first kappa shape index (κ1) is 19.1. The first-order valence-electron chi connectivity index (χ1n) is 8.99. The second kappa shape index (κ2) is 8.04. The molecule has 2 heterocycles. The number of hydrogen-bond acceptors (Lipinski definition) is 8. The van der Waals surface area contributed by atoms with Crippen molar-refractivity contribution in [1.29, 1.82) is 0 Å². The topological polar surface area (TPSA) is 118 Å². The molecule has 0 aromatic heterocycles. The van der Waals surface area contributed by atoms with Gasteiger partial charge in [0.1, 0.15) is 35.9 Å². The van der Waals surface area contributed by atoms with Crippen LogP contribution in [0, 0.1) is 0 Å². The van der Waals surface area contributed by atoms with Gasteiger partial charge >= 0.3 is 0 Å². The van der Waals surface area contributed by atoms with Crippen molar-refractivity contribution in [3.63, 3.8) is 0 Å². The van der Waals surface area contributed by atoms with Crippen molar-refractivity contribution < 1.29 is 39.4 Å². The van der Waals surface area contributed by atoms with Crippen LogP contribution >= 0.6 is 0 Å². The fourth-order valence-corrected chi connectivity index (χ4v) is 3.25. The lowest BCUT2D eigenvalue weighted by Gasteiger charge is -2.41. The predicted octanol–water partition coefficient (Wildman–Crippen LogP) is 1.35. The normalized spacial score (nSPS) is 33.5.